The highest BCUT2D eigenvalue weighted by atomic mass is 35.5. The van der Waals surface area contributed by atoms with Crippen molar-refractivity contribution in [1.29, 1.82) is 0 Å². The second-order valence-electron chi connectivity index (χ2n) is 6.24. The number of ether oxygens (including phenoxy) is 1. The van der Waals surface area contributed by atoms with Gasteiger partial charge in [-0.25, -0.2) is 0 Å². The predicted molar refractivity (Wildman–Crippen MR) is 102 cm³/mol. The van der Waals surface area contributed by atoms with E-state index in [4.69, 9.17) is 16.3 Å². The number of hydrogen-bond acceptors (Lipinski definition) is 5. The number of anilines is 1. The van der Waals surface area contributed by atoms with Gasteiger partial charge in [0.15, 0.2) is 6.61 Å². The summed E-state index contributed by atoms with van der Waals surface area (Å²) in [6, 6.07) is 11.8. The molecular weight excluding hydrogens is 384 g/mol. The van der Waals surface area contributed by atoms with Gasteiger partial charge in [-0.1, -0.05) is 35.9 Å². The fraction of sp³-hybridized carbons (Fsp3) is 0.200. The number of carbonyl (C=O) groups excluding carboxylic acids is 4. The van der Waals surface area contributed by atoms with Crippen molar-refractivity contribution in [2.24, 2.45) is 0 Å². The second-order valence-corrected chi connectivity index (χ2v) is 6.65. The van der Waals surface area contributed by atoms with E-state index in [0.717, 1.165) is 4.90 Å². The number of benzene rings is 2. The lowest BCUT2D eigenvalue weighted by molar-refractivity contribution is -0.150. The number of esters is 1. The molecule has 1 heterocycles. The van der Waals surface area contributed by atoms with Crippen molar-refractivity contribution in [3.63, 3.8) is 0 Å². The second kappa shape index (κ2) is 8.22. The molecule has 2 aromatic carbocycles. The number of fused-ring (bicyclic) bond motifs is 1. The van der Waals surface area contributed by atoms with Gasteiger partial charge in [-0.15, -0.1) is 0 Å². The molecule has 1 aliphatic rings. The summed E-state index contributed by atoms with van der Waals surface area (Å²) in [4.78, 5) is 49.4. The first-order valence-corrected chi connectivity index (χ1v) is 8.88. The van der Waals surface area contributed by atoms with Gasteiger partial charge in [0.1, 0.15) is 6.54 Å². The molecule has 3 rings (SSSR count). The van der Waals surface area contributed by atoms with Crippen LogP contribution in [0.25, 0.3) is 0 Å². The van der Waals surface area contributed by atoms with Crippen molar-refractivity contribution in [3.05, 3.63) is 64.2 Å². The van der Waals surface area contributed by atoms with Gasteiger partial charge in [0.25, 0.3) is 11.8 Å². The normalized spacial score (nSPS) is 13.1. The predicted octanol–water partition coefficient (Wildman–Crippen LogP) is 2.36. The summed E-state index contributed by atoms with van der Waals surface area (Å²) >= 11 is 5.99. The van der Waals surface area contributed by atoms with Gasteiger partial charge in [0.05, 0.1) is 6.42 Å². The third kappa shape index (κ3) is 4.20. The number of amides is 3. The molecule has 1 N–H and O–H groups in total. The molecule has 28 heavy (non-hydrogen) atoms. The molecule has 8 heteroatoms. The number of nitrogens with one attached hydrogen (secondary N) is 1. The molecule has 0 unspecified atom stereocenters. The number of halogens is 1. The summed E-state index contributed by atoms with van der Waals surface area (Å²) in [5.41, 5.74) is 2.20. The molecule has 1 aliphatic heterocycles. The highest BCUT2D eigenvalue weighted by molar-refractivity contribution is 6.31. The van der Waals surface area contributed by atoms with Gasteiger partial charge in [-0.3, -0.25) is 24.1 Å². The zero-order valence-corrected chi connectivity index (χ0v) is 15.8. The maximum atomic E-state index is 12.4. The Bertz CT molecular complexity index is 973. The molecular formula is C20H17ClN2O5. The summed E-state index contributed by atoms with van der Waals surface area (Å²) < 4.78 is 4.90. The van der Waals surface area contributed by atoms with Crippen LogP contribution >= 0.6 is 11.6 Å². The molecule has 0 bridgehead atoms. The van der Waals surface area contributed by atoms with Crippen molar-refractivity contribution < 1.29 is 23.9 Å². The molecule has 2 aromatic rings. The average Bonchev–Trinajstić information content (AvgIpc) is 2.67. The van der Waals surface area contributed by atoms with E-state index in [1.165, 1.54) is 0 Å². The van der Waals surface area contributed by atoms with Crippen molar-refractivity contribution >= 4 is 41.0 Å². The smallest absolute Gasteiger partial charge is 0.326 e. The Balaban J connectivity index is 1.56. The van der Waals surface area contributed by atoms with E-state index >= 15 is 0 Å². The van der Waals surface area contributed by atoms with E-state index in [-0.39, 0.29) is 6.42 Å². The van der Waals surface area contributed by atoms with Crippen LogP contribution in [0.4, 0.5) is 5.69 Å². The SMILES string of the molecule is Cc1c(Cl)cccc1NC(=O)COC(=O)CN1C(=O)Cc2ccccc2C1=O. The topological polar surface area (TPSA) is 92.8 Å². The first kappa shape index (κ1) is 19.6. The molecule has 0 spiro atoms. The van der Waals surface area contributed by atoms with E-state index < -0.39 is 36.8 Å². The van der Waals surface area contributed by atoms with Crippen molar-refractivity contribution in [2.45, 2.75) is 13.3 Å². The van der Waals surface area contributed by atoms with Gasteiger partial charge in [0, 0.05) is 16.3 Å². The van der Waals surface area contributed by atoms with Crippen LogP contribution in [0.15, 0.2) is 42.5 Å². The van der Waals surface area contributed by atoms with Crippen LogP contribution in [0, 0.1) is 6.92 Å². The molecule has 0 saturated carbocycles. The summed E-state index contributed by atoms with van der Waals surface area (Å²) in [6.45, 7) is 0.655. The van der Waals surface area contributed by atoms with E-state index in [0.29, 0.717) is 27.4 Å². The van der Waals surface area contributed by atoms with Crippen LogP contribution in [-0.2, 0) is 25.5 Å². The highest BCUT2D eigenvalue weighted by Crippen LogP contribution is 2.23. The average molecular weight is 401 g/mol. The Labute approximate surface area is 166 Å². The number of rotatable bonds is 5. The third-order valence-electron chi connectivity index (χ3n) is 4.33. The third-order valence-corrected chi connectivity index (χ3v) is 4.74. The minimum atomic E-state index is -0.848. The number of carbonyl (C=O) groups is 4. The summed E-state index contributed by atoms with van der Waals surface area (Å²) in [6.07, 6.45) is 0.0315. The monoisotopic (exact) mass is 400 g/mol. The highest BCUT2D eigenvalue weighted by Gasteiger charge is 2.32. The standard InChI is InChI=1S/C20H17ClN2O5/c1-12-15(21)7-4-8-16(12)22-17(24)11-28-19(26)10-23-18(25)9-13-5-2-3-6-14(13)20(23)27/h2-8H,9-11H2,1H3,(H,22,24). The van der Waals surface area contributed by atoms with Gasteiger partial charge >= 0.3 is 5.97 Å². The van der Waals surface area contributed by atoms with E-state index in [9.17, 15) is 19.2 Å². The number of imide groups is 1. The minimum Gasteiger partial charge on any atom is -0.454 e. The van der Waals surface area contributed by atoms with Crippen molar-refractivity contribution in [3.8, 4) is 0 Å². The lowest BCUT2D eigenvalue weighted by Crippen LogP contribution is -2.45. The van der Waals surface area contributed by atoms with Crippen LogP contribution in [-0.4, -0.2) is 41.7 Å². The largest absolute Gasteiger partial charge is 0.454 e. The van der Waals surface area contributed by atoms with Crippen LogP contribution in [0.1, 0.15) is 21.5 Å². The summed E-state index contributed by atoms with van der Waals surface area (Å²) in [7, 11) is 0. The molecule has 0 fully saturated rings. The first-order valence-electron chi connectivity index (χ1n) is 8.50. The maximum absolute atomic E-state index is 12.4. The van der Waals surface area contributed by atoms with Gasteiger partial charge < -0.3 is 10.1 Å². The molecule has 144 valence electrons. The zero-order valence-electron chi connectivity index (χ0n) is 15.0. The van der Waals surface area contributed by atoms with Gasteiger partial charge in [-0.2, -0.15) is 0 Å². The van der Waals surface area contributed by atoms with Crippen molar-refractivity contribution in [2.75, 3.05) is 18.5 Å². The molecule has 0 radical (unpaired) electrons. The van der Waals surface area contributed by atoms with Crippen LogP contribution < -0.4 is 5.32 Å². The number of hydrogen-bond donors (Lipinski definition) is 1. The molecule has 0 atom stereocenters. The Kier molecular flexibility index (Phi) is 5.75. The molecule has 3 amide bonds. The van der Waals surface area contributed by atoms with Gasteiger partial charge in [-0.05, 0) is 36.2 Å². The maximum Gasteiger partial charge on any atom is 0.326 e. The summed E-state index contributed by atoms with van der Waals surface area (Å²) in [5, 5.41) is 3.09. The Hall–Kier alpha value is -3.19. The molecule has 7 nitrogen and oxygen atoms in total. The molecule has 0 saturated heterocycles. The van der Waals surface area contributed by atoms with Gasteiger partial charge in [0.2, 0.25) is 5.91 Å². The van der Waals surface area contributed by atoms with E-state index in [2.05, 4.69) is 5.32 Å². The minimum absolute atomic E-state index is 0.0315. The van der Waals surface area contributed by atoms with Crippen LogP contribution in [0.3, 0.4) is 0 Å². The zero-order chi connectivity index (χ0) is 20.3. The summed E-state index contributed by atoms with van der Waals surface area (Å²) in [5.74, 6) is -2.44. The number of nitrogens with zero attached hydrogens (tertiary/aromatic N) is 1. The quantitative estimate of drug-likeness (QED) is 0.614. The van der Waals surface area contributed by atoms with Crippen LogP contribution in [0.2, 0.25) is 5.02 Å². The Morgan fingerprint density at radius 3 is 2.68 bits per heavy atom. The first-order chi connectivity index (χ1) is 13.4. The molecule has 0 aromatic heterocycles. The van der Waals surface area contributed by atoms with E-state index in [1.54, 1.807) is 49.4 Å². The van der Waals surface area contributed by atoms with Crippen LogP contribution in [0.5, 0.6) is 0 Å². The lowest BCUT2D eigenvalue weighted by atomic mass is 9.98. The van der Waals surface area contributed by atoms with Crippen molar-refractivity contribution in [1.82, 2.24) is 4.90 Å². The fourth-order valence-electron chi connectivity index (χ4n) is 2.81. The lowest BCUT2D eigenvalue weighted by Gasteiger charge is -2.25. The fourth-order valence-corrected chi connectivity index (χ4v) is 2.98. The Morgan fingerprint density at radius 1 is 1.14 bits per heavy atom. The Morgan fingerprint density at radius 2 is 1.89 bits per heavy atom. The van der Waals surface area contributed by atoms with E-state index in [1.807, 2.05) is 0 Å². The molecule has 0 aliphatic carbocycles.